The number of hydrogen-bond donors (Lipinski definition) is 1. The lowest BCUT2D eigenvalue weighted by atomic mass is 9.78. The molecule has 1 aromatic rings. The Morgan fingerprint density at radius 2 is 1.89 bits per heavy atom. The van der Waals surface area contributed by atoms with E-state index < -0.39 is 0 Å². The Hall–Kier alpha value is -1.18. The fourth-order valence-electron chi connectivity index (χ4n) is 3.78. The highest BCUT2D eigenvalue weighted by Gasteiger charge is 2.33. The van der Waals surface area contributed by atoms with Crippen molar-refractivity contribution in [3.8, 4) is 0 Å². The van der Waals surface area contributed by atoms with Crippen molar-refractivity contribution in [2.24, 2.45) is 5.92 Å². The van der Waals surface area contributed by atoms with Crippen molar-refractivity contribution in [1.29, 1.82) is 0 Å². The number of nitrogens with two attached hydrogens (primary N) is 1. The van der Waals surface area contributed by atoms with Gasteiger partial charge in [0, 0.05) is 24.0 Å². The van der Waals surface area contributed by atoms with Crippen molar-refractivity contribution in [2.45, 2.75) is 51.5 Å². The first-order valence-electron chi connectivity index (χ1n) is 7.38. The number of nitrogens with zero attached hydrogens (tertiary/aromatic N) is 1. The van der Waals surface area contributed by atoms with Gasteiger partial charge < -0.3 is 10.6 Å². The average molecular weight is 244 g/mol. The number of rotatable bonds is 1. The van der Waals surface area contributed by atoms with Crippen LogP contribution in [0.25, 0.3) is 0 Å². The maximum absolute atomic E-state index is 5.93. The molecule has 0 spiro atoms. The molecule has 98 valence electrons. The van der Waals surface area contributed by atoms with Crippen LogP contribution in [0.5, 0.6) is 0 Å². The maximum atomic E-state index is 5.93. The van der Waals surface area contributed by atoms with E-state index in [9.17, 15) is 0 Å². The van der Waals surface area contributed by atoms with E-state index in [4.69, 9.17) is 5.73 Å². The summed E-state index contributed by atoms with van der Waals surface area (Å²) in [5, 5.41) is 0. The van der Waals surface area contributed by atoms with Crippen molar-refractivity contribution < 1.29 is 0 Å². The Kier molecular flexibility index (Phi) is 3.19. The van der Waals surface area contributed by atoms with Crippen LogP contribution in [-0.4, -0.2) is 12.6 Å². The predicted molar refractivity (Wildman–Crippen MR) is 77.9 cm³/mol. The molecular formula is C16H24N2. The van der Waals surface area contributed by atoms with Gasteiger partial charge >= 0.3 is 0 Å². The van der Waals surface area contributed by atoms with Crippen LogP contribution < -0.4 is 10.6 Å². The van der Waals surface area contributed by atoms with Crippen LogP contribution in [0.2, 0.25) is 0 Å². The molecule has 3 rings (SSSR count). The number of piperidine rings is 1. The molecule has 1 aromatic carbocycles. The summed E-state index contributed by atoms with van der Waals surface area (Å²) in [5.74, 6) is 0.936. The van der Waals surface area contributed by atoms with Crippen LogP contribution in [0.15, 0.2) is 18.2 Å². The Morgan fingerprint density at radius 1 is 1.11 bits per heavy atom. The quantitative estimate of drug-likeness (QED) is 0.763. The van der Waals surface area contributed by atoms with Gasteiger partial charge in [-0.05, 0) is 62.3 Å². The van der Waals surface area contributed by atoms with Gasteiger partial charge in [0.25, 0.3) is 0 Å². The molecule has 1 saturated heterocycles. The van der Waals surface area contributed by atoms with E-state index in [-0.39, 0.29) is 0 Å². The summed E-state index contributed by atoms with van der Waals surface area (Å²) < 4.78 is 0. The highest BCUT2D eigenvalue weighted by atomic mass is 15.2. The molecule has 2 nitrogen and oxygen atoms in total. The number of benzene rings is 1. The lowest BCUT2D eigenvalue weighted by Gasteiger charge is -2.45. The van der Waals surface area contributed by atoms with Crippen molar-refractivity contribution in [3.63, 3.8) is 0 Å². The van der Waals surface area contributed by atoms with Crippen LogP contribution in [0.3, 0.4) is 0 Å². The first-order chi connectivity index (χ1) is 8.75. The summed E-state index contributed by atoms with van der Waals surface area (Å²) in [6.07, 6.45) is 8.46. The third-order valence-corrected chi connectivity index (χ3v) is 4.83. The monoisotopic (exact) mass is 244 g/mol. The summed E-state index contributed by atoms with van der Waals surface area (Å²) in [4.78, 5) is 2.65. The van der Waals surface area contributed by atoms with Gasteiger partial charge in [-0.2, -0.15) is 0 Å². The minimum absolute atomic E-state index is 0.788. The van der Waals surface area contributed by atoms with Gasteiger partial charge in [-0.25, -0.2) is 0 Å². The molecule has 2 atom stereocenters. The van der Waals surface area contributed by atoms with Crippen molar-refractivity contribution in [1.82, 2.24) is 0 Å². The third-order valence-electron chi connectivity index (χ3n) is 4.83. The normalized spacial score (nSPS) is 27.9. The van der Waals surface area contributed by atoms with Gasteiger partial charge in [0.2, 0.25) is 0 Å². The van der Waals surface area contributed by atoms with Crippen molar-refractivity contribution in [3.05, 3.63) is 23.8 Å². The van der Waals surface area contributed by atoms with Crippen LogP contribution in [0.4, 0.5) is 11.4 Å². The smallest absolute Gasteiger partial charge is 0.0372 e. The highest BCUT2D eigenvalue weighted by molar-refractivity contribution is 5.58. The second-order valence-corrected chi connectivity index (χ2v) is 5.99. The summed E-state index contributed by atoms with van der Waals surface area (Å²) >= 11 is 0. The molecule has 2 N–H and O–H groups in total. The molecule has 0 aromatic heterocycles. The van der Waals surface area contributed by atoms with Crippen molar-refractivity contribution in [2.75, 3.05) is 17.2 Å². The van der Waals surface area contributed by atoms with Gasteiger partial charge in [0.1, 0.15) is 0 Å². The zero-order valence-electron chi connectivity index (χ0n) is 11.4. The Morgan fingerprint density at radius 3 is 2.72 bits per heavy atom. The second kappa shape index (κ2) is 4.83. The number of anilines is 2. The summed E-state index contributed by atoms with van der Waals surface area (Å²) in [6.45, 7) is 3.34. The SMILES string of the molecule is Cc1cc(N2CCC[C@H]3CCCC[C@H]32)ccc1N. The van der Waals surface area contributed by atoms with Gasteiger partial charge in [0.15, 0.2) is 0 Å². The fourth-order valence-corrected chi connectivity index (χ4v) is 3.78. The molecule has 0 amide bonds. The molecule has 0 unspecified atom stereocenters. The molecule has 18 heavy (non-hydrogen) atoms. The first-order valence-corrected chi connectivity index (χ1v) is 7.38. The first kappa shape index (κ1) is 11.9. The molecule has 1 aliphatic carbocycles. The lowest BCUT2D eigenvalue weighted by Crippen LogP contribution is -2.46. The predicted octanol–water partition coefficient (Wildman–Crippen LogP) is 3.74. The Labute approximate surface area is 110 Å². The van der Waals surface area contributed by atoms with E-state index in [0.717, 1.165) is 17.6 Å². The zero-order chi connectivity index (χ0) is 12.5. The molecule has 0 bridgehead atoms. The van der Waals surface area contributed by atoms with E-state index in [1.165, 1.54) is 56.3 Å². The van der Waals surface area contributed by atoms with E-state index in [2.05, 4.69) is 30.0 Å². The van der Waals surface area contributed by atoms with Crippen LogP contribution in [0, 0.1) is 12.8 Å². The van der Waals surface area contributed by atoms with E-state index in [1.807, 2.05) is 0 Å². The summed E-state index contributed by atoms with van der Waals surface area (Å²) in [6, 6.07) is 7.33. The molecular weight excluding hydrogens is 220 g/mol. The molecule has 2 heteroatoms. The number of nitrogen functional groups attached to an aromatic ring is 1. The molecule has 2 fully saturated rings. The van der Waals surface area contributed by atoms with Crippen LogP contribution in [0.1, 0.15) is 44.1 Å². The van der Waals surface area contributed by atoms with Gasteiger partial charge in [0.05, 0.1) is 0 Å². The highest BCUT2D eigenvalue weighted by Crippen LogP contribution is 2.38. The Bertz CT molecular complexity index is 425. The minimum atomic E-state index is 0.788. The van der Waals surface area contributed by atoms with Gasteiger partial charge in [-0.1, -0.05) is 12.8 Å². The van der Waals surface area contributed by atoms with Gasteiger partial charge in [-0.3, -0.25) is 0 Å². The fraction of sp³-hybridized carbons (Fsp3) is 0.625. The number of hydrogen-bond acceptors (Lipinski definition) is 2. The molecule has 2 aliphatic rings. The number of fused-ring (bicyclic) bond motifs is 1. The molecule has 1 aliphatic heterocycles. The topological polar surface area (TPSA) is 29.3 Å². The third kappa shape index (κ3) is 2.09. The summed E-state index contributed by atoms with van der Waals surface area (Å²) in [5.41, 5.74) is 9.45. The van der Waals surface area contributed by atoms with E-state index >= 15 is 0 Å². The average Bonchev–Trinajstić information content (AvgIpc) is 2.41. The largest absolute Gasteiger partial charge is 0.399 e. The number of aryl methyl sites for hydroxylation is 1. The van der Waals surface area contributed by atoms with E-state index in [0.29, 0.717) is 0 Å². The summed E-state index contributed by atoms with van der Waals surface area (Å²) in [7, 11) is 0. The van der Waals surface area contributed by atoms with Gasteiger partial charge in [-0.15, -0.1) is 0 Å². The zero-order valence-corrected chi connectivity index (χ0v) is 11.4. The van der Waals surface area contributed by atoms with Crippen LogP contribution in [-0.2, 0) is 0 Å². The Balaban J connectivity index is 1.87. The molecule has 0 radical (unpaired) electrons. The van der Waals surface area contributed by atoms with Crippen molar-refractivity contribution >= 4 is 11.4 Å². The minimum Gasteiger partial charge on any atom is -0.399 e. The van der Waals surface area contributed by atoms with Crippen LogP contribution >= 0.6 is 0 Å². The molecule has 1 saturated carbocycles. The molecule has 1 heterocycles. The standard InChI is InChI=1S/C16H24N2/c1-12-11-14(8-9-15(12)17)18-10-4-6-13-5-2-3-7-16(13)18/h8-9,11,13,16H,2-7,10,17H2,1H3/t13-,16-/m1/s1. The lowest BCUT2D eigenvalue weighted by molar-refractivity contribution is 0.244. The maximum Gasteiger partial charge on any atom is 0.0372 e. The van der Waals surface area contributed by atoms with E-state index in [1.54, 1.807) is 0 Å². The second-order valence-electron chi connectivity index (χ2n) is 5.99.